The monoisotopic (exact) mass is 363 g/mol. The van der Waals surface area contributed by atoms with Crippen molar-refractivity contribution < 1.29 is 19.0 Å². The zero-order valence-corrected chi connectivity index (χ0v) is 15.3. The van der Waals surface area contributed by atoms with Crippen molar-refractivity contribution in [1.82, 2.24) is 14.8 Å². The van der Waals surface area contributed by atoms with Gasteiger partial charge in [0.2, 0.25) is 0 Å². The summed E-state index contributed by atoms with van der Waals surface area (Å²) in [5.41, 5.74) is -0.179. The molecule has 0 bridgehead atoms. The molecule has 2 aromatic rings. The van der Waals surface area contributed by atoms with Gasteiger partial charge in [0, 0.05) is 25.7 Å². The van der Waals surface area contributed by atoms with Crippen molar-refractivity contribution in [3.05, 3.63) is 41.7 Å². The van der Waals surface area contributed by atoms with Gasteiger partial charge in [-0.3, -0.25) is 0 Å². The highest BCUT2D eigenvalue weighted by Crippen LogP contribution is 2.35. The summed E-state index contributed by atoms with van der Waals surface area (Å²) in [6.45, 7) is 5.83. The first kappa shape index (κ1) is 18.8. The summed E-state index contributed by atoms with van der Waals surface area (Å²) in [6, 6.07) is 5.89. The molecule has 0 aliphatic carbocycles. The number of hydrogen-bond donors (Lipinski definition) is 1. The second kappa shape index (κ2) is 8.14. The number of aliphatic hydroxyl groups excluding tert-OH is 1. The Bertz CT molecular complexity index is 715. The lowest BCUT2D eigenvalue weighted by Crippen LogP contribution is -2.34. The predicted octanol–water partition coefficient (Wildman–Crippen LogP) is 3.05. The fraction of sp³-hybridized carbons (Fsp3) is 0.579. The number of halogens is 1. The van der Waals surface area contributed by atoms with Crippen LogP contribution < -0.4 is 4.74 Å². The van der Waals surface area contributed by atoms with E-state index in [1.807, 2.05) is 4.68 Å². The Balaban J connectivity index is 1.74. The third kappa shape index (κ3) is 4.80. The van der Waals surface area contributed by atoms with Crippen LogP contribution in [0, 0.1) is 5.82 Å². The number of nitrogens with zero attached hydrogens (tertiary/aromatic N) is 3. The topological polar surface area (TPSA) is 69.4 Å². The molecule has 2 heterocycles. The molecule has 26 heavy (non-hydrogen) atoms. The van der Waals surface area contributed by atoms with Gasteiger partial charge in [0.05, 0.1) is 5.60 Å². The van der Waals surface area contributed by atoms with E-state index in [2.05, 4.69) is 18.9 Å². The zero-order chi connectivity index (χ0) is 18.6. The van der Waals surface area contributed by atoms with Gasteiger partial charge in [-0.25, -0.2) is 14.1 Å². The Kier molecular flexibility index (Phi) is 5.88. The fourth-order valence-electron chi connectivity index (χ4n) is 3.28. The average molecular weight is 363 g/mol. The highest BCUT2D eigenvalue weighted by atomic mass is 19.1. The summed E-state index contributed by atoms with van der Waals surface area (Å²) in [7, 11) is 0. The molecular formula is C19H26FN3O3. The molecule has 1 aromatic heterocycles. The molecule has 6 nitrogen and oxygen atoms in total. The van der Waals surface area contributed by atoms with Gasteiger partial charge in [-0.1, -0.05) is 0 Å². The Morgan fingerprint density at radius 1 is 1.35 bits per heavy atom. The molecule has 0 spiro atoms. The lowest BCUT2D eigenvalue weighted by Gasteiger charge is -2.35. The molecule has 0 saturated carbocycles. The van der Waals surface area contributed by atoms with Gasteiger partial charge in [-0.05, 0) is 57.4 Å². The third-order valence-corrected chi connectivity index (χ3v) is 4.52. The lowest BCUT2D eigenvalue weighted by molar-refractivity contribution is -0.0608. The predicted molar refractivity (Wildman–Crippen MR) is 94.5 cm³/mol. The van der Waals surface area contributed by atoms with E-state index in [0.29, 0.717) is 31.1 Å². The number of ether oxygens (including phenoxy) is 2. The smallest absolute Gasteiger partial charge is 0.188 e. The minimum absolute atomic E-state index is 0.111. The largest absolute Gasteiger partial charge is 0.486 e. The fourth-order valence-corrected chi connectivity index (χ4v) is 3.28. The number of aromatic nitrogens is 3. The van der Waals surface area contributed by atoms with Crippen molar-refractivity contribution in [2.75, 3.05) is 13.2 Å². The maximum atomic E-state index is 13.0. The molecule has 1 aromatic carbocycles. The molecule has 142 valence electrons. The quantitative estimate of drug-likeness (QED) is 0.819. The highest BCUT2D eigenvalue weighted by molar-refractivity contribution is 5.22. The average Bonchev–Trinajstić information content (AvgIpc) is 3.02. The summed E-state index contributed by atoms with van der Waals surface area (Å²) < 4.78 is 26.3. The first-order chi connectivity index (χ1) is 12.5. The summed E-state index contributed by atoms with van der Waals surface area (Å²) in [5, 5.41) is 13.7. The van der Waals surface area contributed by atoms with Gasteiger partial charge in [-0.2, -0.15) is 5.10 Å². The van der Waals surface area contributed by atoms with Gasteiger partial charge in [-0.15, -0.1) is 0 Å². The Hall–Kier alpha value is -1.99. The van der Waals surface area contributed by atoms with Gasteiger partial charge >= 0.3 is 0 Å². The molecule has 1 aliphatic rings. The Morgan fingerprint density at radius 2 is 2.12 bits per heavy atom. The second-order valence-corrected chi connectivity index (χ2v) is 7.23. The van der Waals surface area contributed by atoms with Crippen molar-refractivity contribution in [3.8, 4) is 5.75 Å². The molecule has 1 atom stereocenters. The number of aliphatic hydroxyl groups is 1. The van der Waals surface area contributed by atoms with Crippen LogP contribution in [0.3, 0.4) is 0 Å². The summed E-state index contributed by atoms with van der Waals surface area (Å²) >= 11 is 0. The molecule has 1 N–H and O–H groups in total. The third-order valence-electron chi connectivity index (χ3n) is 4.52. The molecule has 0 radical (unpaired) electrons. The van der Waals surface area contributed by atoms with Crippen LogP contribution in [0.25, 0.3) is 0 Å². The number of aryl methyl sites for hydroxylation is 1. The molecule has 3 rings (SSSR count). The molecule has 0 unspecified atom stereocenters. The zero-order valence-electron chi connectivity index (χ0n) is 15.3. The van der Waals surface area contributed by atoms with Crippen LogP contribution in [0.4, 0.5) is 4.39 Å². The van der Waals surface area contributed by atoms with Crippen LogP contribution in [-0.4, -0.2) is 38.7 Å². The van der Waals surface area contributed by atoms with Crippen molar-refractivity contribution in [2.45, 2.75) is 57.8 Å². The summed E-state index contributed by atoms with van der Waals surface area (Å²) in [4.78, 5) is 4.70. The number of benzene rings is 1. The molecule has 1 saturated heterocycles. The summed E-state index contributed by atoms with van der Waals surface area (Å²) in [5.74, 6) is 2.06. The van der Waals surface area contributed by atoms with E-state index in [1.54, 1.807) is 12.1 Å². The van der Waals surface area contributed by atoms with Gasteiger partial charge < -0.3 is 14.6 Å². The van der Waals surface area contributed by atoms with Crippen molar-refractivity contribution >= 4 is 0 Å². The lowest BCUT2D eigenvalue weighted by atomic mass is 9.88. The van der Waals surface area contributed by atoms with E-state index in [0.717, 1.165) is 18.7 Å². The van der Waals surface area contributed by atoms with E-state index >= 15 is 0 Å². The first-order valence-corrected chi connectivity index (χ1v) is 9.04. The molecule has 1 fully saturated rings. The second-order valence-electron chi connectivity index (χ2n) is 7.23. The summed E-state index contributed by atoms with van der Waals surface area (Å²) in [6.07, 6.45) is 2.41. The van der Waals surface area contributed by atoms with Crippen molar-refractivity contribution in [3.63, 3.8) is 0 Å². The number of hydrogen-bond acceptors (Lipinski definition) is 5. The van der Waals surface area contributed by atoms with E-state index in [9.17, 15) is 4.39 Å². The Morgan fingerprint density at radius 3 is 2.81 bits per heavy atom. The first-order valence-electron chi connectivity index (χ1n) is 9.04. The van der Waals surface area contributed by atoms with Crippen LogP contribution >= 0.6 is 0 Å². The molecule has 0 amide bonds. The van der Waals surface area contributed by atoms with Crippen LogP contribution in [0.5, 0.6) is 5.75 Å². The van der Waals surface area contributed by atoms with E-state index < -0.39 is 0 Å². The highest BCUT2D eigenvalue weighted by Gasteiger charge is 2.32. The normalized spacial score (nSPS) is 19.5. The van der Waals surface area contributed by atoms with Gasteiger partial charge in [0.25, 0.3) is 0 Å². The maximum absolute atomic E-state index is 13.0. The van der Waals surface area contributed by atoms with Gasteiger partial charge in [0.15, 0.2) is 5.82 Å². The SMILES string of the molecule is CC1(C)C[C@H](c2nc(COc3ccc(F)cc3)nn2CCCO)CCO1. The van der Waals surface area contributed by atoms with Gasteiger partial charge in [0.1, 0.15) is 24.0 Å². The van der Waals surface area contributed by atoms with Crippen LogP contribution in [0.2, 0.25) is 0 Å². The number of rotatable bonds is 7. The van der Waals surface area contributed by atoms with Crippen LogP contribution in [0.15, 0.2) is 24.3 Å². The van der Waals surface area contributed by atoms with E-state index in [-0.39, 0.29) is 30.5 Å². The standard InChI is InChI=1S/C19H26FN3O3/c1-19(2)12-14(8-11-26-19)18-21-17(22-23(18)9-3-10-24)13-25-16-6-4-15(20)5-7-16/h4-7,14,24H,3,8-13H2,1-2H3/t14-/m1/s1. The minimum Gasteiger partial charge on any atom is -0.486 e. The maximum Gasteiger partial charge on any atom is 0.188 e. The van der Waals surface area contributed by atoms with E-state index in [1.165, 1.54) is 12.1 Å². The molecular weight excluding hydrogens is 337 g/mol. The van der Waals surface area contributed by atoms with Crippen molar-refractivity contribution in [1.29, 1.82) is 0 Å². The molecule has 7 heteroatoms. The van der Waals surface area contributed by atoms with Crippen LogP contribution in [-0.2, 0) is 17.9 Å². The van der Waals surface area contributed by atoms with Crippen molar-refractivity contribution in [2.24, 2.45) is 0 Å². The van der Waals surface area contributed by atoms with Crippen LogP contribution in [0.1, 0.15) is 50.7 Å². The molecule has 1 aliphatic heterocycles. The Labute approximate surface area is 153 Å². The van der Waals surface area contributed by atoms with E-state index in [4.69, 9.17) is 19.6 Å². The minimum atomic E-state index is -0.298.